The standard InChI is InChI=1S/C14H19ClN2O2S/c1-9(2)12(14(19)16-7-8-20)17-13(18)10-3-5-11(15)6-4-10/h3-6,9,12,20H,7-8H2,1-2H3,(H,16,19)(H,17,18). The number of hydrogen-bond acceptors (Lipinski definition) is 3. The number of carbonyl (C=O) groups excluding carboxylic acids is 2. The van der Waals surface area contributed by atoms with Crippen LogP contribution in [-0.4, -0.2) is 30.2 Å². The average Bonchev–Trinajstić information content (AvgIpc) is 2.42. The van der Waals surface area contributed by atoms with Crippen LogP contribution >= 0.6 is 24.2 Å². The number of halogens is 1. The summed E-state index contributed by atoms with van der Waals surface area (Å²) in [7, 11) is 0. The summed E-state index contributed by atoms with van der Waals surface area (Å²) in [4.78, 5) is 24.1. The third-order valence-corrected chi connectivity index (χ3v) is 3.23. The second kappa shape index (κ2) is 8.17. The quantitative estimate of drug-likeness (QED) is 0.705. The minimum atomic E-state index is -0.571. The Morgan fingerprint density at radius 2 is 1.85 bits per heavy atom. The molecule has 1 rings (SSSR count). The smallest absolute Gasteiger partial charge is 0.251 e. The number of nitrogens with one attached hydrogen (secondary N) is 2. The maximum Gasteiger partial charge on any atom is 0.251 e. The highest BCUT2D eigenvalue weighted by Crippen LogP contribution is 2.10. The Hall–Kier alpha value is -1.20. The van der Waals surface area contributed by atoms with Crippen LogP contribution in [0.2, 0.25) is 5.02 Å². The predicted molar refractivity (Wildman–Crippen MR) is 84.4 cm³/mol. The van der Waals surface area contributed by atoms with Gasteiger partial charge >= 0.3 is 0 Å². The van der Waals surface area contributed by atoms with Crippen LogP contribution in [0.15, 0.2) is 24.3 Å². The maximum atomic E-state index is 12.1. The summed E-state index contributed by atoms with van der Waals surface area (Å²) < 4.78 is 0. The summed E-state index contributed by atoms with van der Waals surface area (Å²) in [5.74, 6) is 0.0609. The van der Waals surface area contributed by atoms with Crippen LogP contribution < -0.4 is 10.6 Å². The van der Waals surface area contributed by atoms with Crippen molar-refractivity contribution < 1.29 is 9.59 Å². The Morgan fingerprint density at radius 3 is 2.35 bits per heavy atom. The molecule has 0 bridgehead atoms. The second-order valence-electron chi connectivity index (χ2n) is 4.72. The molecule has 0 aliphatic rings. The SMILES string of the molecule is CC(C)C(NC(=O)c1ccc(Cl)cc1)C(=O)NCCS. The molecule has 1 aromatic rings. The van der Waals surface area contributed by atoms with Gasteiger partial charge in [-0.15, -0.1) is 0 Å². The van der Waals surface area contributed by atoms with E-state index >= 15 is 0 Å². The molecule has 0 saturated carbocycles. The van der Waals surface area contributed by atoms with Crippen LogP contribution in [0, 0.1) is 5.92 Å². The molecule has 0 aliphatic heterocycles. The monoisotopic (exact) mass is 314 g/mol. The Kier molecular flexibility index (Phi) is 6.88. The molecule has 2 amide bonds. The van der Waals surface area contributed by atoms with Gasteiger partial charge in [-0.05, 0) is 30.2 Å². The van der Waals surface area contributed by atoms with Gasteiger partial charge in [0.05, 0.1) is 0 Å². The van der Waals surface area contributed by atoms with Gasteiger partial charge in [-0.1, -0.05) is 25.4 Å². The summed E-state index contributed by atoms with van der Waals surface area (Å²) in [6, 6.07) is 5.96. The van der Waals surface area contributed by atoms with Crippen LogP contribution in [0.25, 0.3) is 0 Å². The molecule has 0 heterocycles. The number of benzene rings is 1. The Labute approximate surface area is 129 Å². The van der Waals surface area contributed by atoms with Crippen LogP contribution in [-0.2, 0) is 4.79 Å². The minimum absolute atomic E-state index is 0.00818. The molecule has 0 aliphatic carbocycles. The molecule has 0 radical (unpaired) electrons. The first-order valence-electron chi connectivity index (χ1n) is 6.40. The zero-order valence-electron chi connectivity index (χ0n) is 11.5. The fraction of sp³-hybridized carbons (Fsp3) is 0.429. The minimum Gasteiger partial charge on any atom is -0.353 e. The third kappa shape index (κ3) is 5.06. The Balaban J connectivity index is 2.72. The first-order chi connectivity index (χ1) is 9.45. The van der Waals surface area contributed by atoms with Gasteiger partial charge in [0, 0.05) is 22.9 Å². The summed E-state index contributed by atoms with van der Waals surface area (Å²) in [5, 5.41) is 6.03. The molecule has 0 aromatic heterocycles. The van der Waals surface area contributed by atoms with Crippen LogP contribution in [0.1, 0.15) is 24.2 Å². The van der Waals surface area contributed by atoms with Gasteiger partial charge < -0.3 is 10.6 Å². The van der Waals surface area contributed by atoms with Crippen molar-refractivity contribution >= 4 is 36.0 Å². The van der Waals surface area contributed by atoms with Crippen LogP contribution in [0.4, 0.5) is 0 Å². The van der Waals surface area contributed by atoms with Crippen molar-refractivity contribution in [2.45, 2.75) is 19.9 Å². The van der Waals surface area contributed by atoms with Crippen molar-refractivity contribution in [2.75, 3.05) is 12.3 Å². The number of thiol groups is 1. The zero-order valence-corrected chi connectivity index (χ0v) is 13.2. The Bertz CT molecular complexity index is 463. The molecule has 1 atom stereocenters. The number of hydrogen-bond donors (Lipinski definition) is 3. The van der Waals surface area contributed by atoms with E-state index in [0.29, 0.717) is 22.9 Å². The summed E-state index contributed by atoms with van der Waals surface area (Å²) in [5.41, 5.74) is 0.474. The van der Waals surface area contributed by atoms with Gasteiger partial charge in [-0.2, -0.15) is 12.6 Å². The molecular weight excluding hydrogens is 296 g/mol. The highest BCUT2D eigenvalue weighted by molar-refractivity contribution is 7.80. The highest BCUT2D eigenvalue weighted by Gasteiger charge is 2.24. The average molecular weight is 315 g/mol. The topological polar surface area (TPSA) is 58.2 Å². The van der Waals surface area contributed by atoms with Crippen LogP contribution in [0.5, 0.6) is 0 Å². The molecule has 0 fully saturated rings. The summed E-state index contributed by atoms with van der Waals surface area (Å²) >= 11 is 9.81. The summed E-state index contributed by atoms with van der Waals surface area (Å²) in [6.07, 6.45) is 0. The number of carbonyl (C=O) groups is 2. The van der Waals surface area contributed by atoms with E-state index in [-0.39, 0.29) is 17.7 Å². The molecule has 6 heteroatoms. The lowest BCUT2D eigenvalue weighted by Crippen LogP contribution is -2.50. The Morgan fingerprint density at radius 1 is 1.25 bits per heavy atom. The lowest BCUT2D eigenvalue weighted by Gasteiger charge is -2.21. The first-order valence-corrected chi connectivity index (χ1v) is 7.41. The fourth-order valence-corrected chi connectivity index (χ4v) is 1.89. The molecule has 0 spiro atoms. The van der Waals surface area contributed by atoms with E-state index in [1.807, 2.05) is 13.8 Å². The molecule has 4 nitrogen and oxygen atoms in total. The zero-order chi connectivity index (χ0) is 15.1. The van der Waals surface area contributed by atoms with Crippen molar-refractivity contribution in [2.24, 2.45) is 5.92 Å². The second-order valence-corrected chi connectivity index (χ2v) is 5.60. The van der Waals surface area contributed by atoms with E-state index in [1.165, 1.54) is 0 Å². The van der Waals surface area contributed by atoms with E-state index in [2.05, 4.69) is 23.3 Å². The van der Waals surface area contributed by atoms with Crippen LogP contribution in [0.3, 0.4) is 0 Å². The van der Waals surface area contributed by atoms with Gasteiger partial charge in [0.2, 0.25) is 5.91 Å². The number of amides is 2. The fourth-order valence-electron chi connectivity index (χ4n) is 1.65. The van der Waals surface area contributed by atoms with E-state index in [9.17, 15) is 9.59 Å². The van der Waals surface area contributed by atoms with Crippen molar-refractivity contribution in [3.63, 3.8) is 0 Å². The highest BCUT2D eigenvalue weighted by atomic mass is 35.5. The van der Waals surface area contributed by atoms with E-state index < -0.39 is 6.04 Å². The van der Waals surface area contributed by atoms with Crippen molar-refractivity contribution in [1.29, 1.82) is 0 Å². The largest absolute Gasteiger partial charge is 0.353 e. The van der Waals surface area contributed by atoms with Crippen molar-refractivity contribution in [3.05, 3.63) is 34.9 Å². The van der Waals surface area contributed by atoms with E-state index in [1.54, 1.807) is 24.3 Å². The van der Waals surface area contributed by atoms with Gasteiger partial charge in [0.1, 0.15) is 6.04 Å². The van der Waals surface area contributed by atoms with Crippen molar-refractivity contribution in [1.82, 2.24) is 10.6 Å². The number of rotatable bonds is 6. The molecule has 0 saturated heterocycles. The normalized spacial score (nSPS) is 12.1. The van der Waals surface area contributed by atoms with E-state index in [0.717, 1.165) is 0 Å². The molecule has 20 heavy (non-hydrogen) atoms. The maximum absolute atomic E-state index is 12.1. The van der Waals surface area contributed by atoms with Gasteiger partial charge in [0.15, 0.2) is 0 Å². The predicted octanol–water partition coefficient (Wildman–Crippen LogP) is 2.14. The molecule has 1 aromatic carbocycles. The third-order valence-electron chi connectivity index (χ3n) is 2.75. The van der Waals surface area contributed by atoms with Crippen molar-refractivity contribution in [3.8, 4) is 0 Å². The first kappa shape index (κ1) is 16.9. The lowest BCUT2D eigenvalue weighted by molar-refractivity contribution is -0.123. The van der Waals surface area contributed by atoms with E-state index in [4.69, 9.17) is 11.6 Å². The molecule has 1 unspecified atom stereocenters. The molecule has 2 N–H and O–H groups in total. The van der Waals surface area contributed by atoms with Gasteiger partial charge in [-0.25, -0.2) is 0 Å². The molecular formula is C14H19ClN2O2S. The van der Waals surface area contributed by atoms with Gasteiger partial charge in [-0.3, -0.25) is 9.59 Å². The van der Waals surface area contributed by atoms with Gasteiger partial charge in [0.25, 0.3) is 5.91 Å². The molecule has 110 valence electrons. The lowest BCUT2D eigenvalue weighted by atomic mass is 10.0. The summed E-state index contributed by atoms with van der Waals surface area (Å²) in [6.45, 7) is 4.24.